The fourth-order valence-corrected chi connectivity index (χ4v) is 5.12. The van der Waals surface area contributed by atoms with Gasteiger partial charge in [-0.2, -0.15) is 0 Å². The second kappa shape index (κ2) is 15.6. The highest BCUT2D eigenvalue weighted by molar-refractivity contribution is 6.33. The lowest BCUT2D eigenvalue weighted by Crippen LogP contribution is -2.55. The first-order valence-electron chi connectivity index (χ1n) is 13.3. The molecule has 0 bridgehead atoms. The van der Waals surface area contributed by atoms with Crippen LogP contribution < -0.4 is 15.8 Å². The number of rotatable bonds is 8. The number of nitrogens with one attached hydrogen (secondary N) is 1. The van der Waals surface area contributed by atoms with Crippen molar-refractivity contribution in [3.63, 3.8) is 0 Å². The van der Waals surface area contributed by atoms with Gasteiger partial charge in [0, 0.05) is 44.8 Å². The standard InChI is InChI=1S/C25H39ClN4O4.C2H2O4/c1-16(25(32)30-10-6-5-7-17(30)2)8-11-29-12-9-21(23(15-29)34-4)28-24(31)18-13-19(26)20(27)14-22(18)33-3;3-1(4)2(5)6/h13-14,16-17,21,23H,5-12,15,27H2,1-4H3,(H,28,31);(H,3,4)(H,5,6)/t16?,17?,21-,23+;/m0./s1. The largest absolute Gasteiger partial charge is 0.496 e. The number of benzene rings is 1. The van der Waals surface area contributed by atoms with Gasteiger partial charge in [0.2, 0.25) is 5.91 Å². The minimum Gasteiger partial charge on any atom is -0.496 e. The van der Waals surface area contributed by atoms with Crippen LogP contribution in [0.2, 0.25) is 5.02 Å². The molecular weight excluding hydrogens is 544 g/mol. The van der Waals surface area contributed by atoms with Crippen molar-refractivity contribution in [3.8, 4) is 5.75 Å². The van der Waals surface area contributed by atoms with E-state index in [-0.39, 0.29) is 29.9 Å². The van der Waals surface area contributed by atoms with Crippen molar-refractivity contribution in [2.45, 2.75) is 64.1 Å². The first-order chi connectivity index (χ1) is 18.9. The van der Waals surface area contributed by atoms with Gasteiger partial charge >= 0.3 is 11.9 Å². The Labute approximate surface area is 239 Å². The van der Waals surface area contributed by atoms with Crippen molar-refractivity contribution in [3.05, 3.63) is 22.7 Å². The quantitative estimate of drug-likeness (QED) is 0.262. The number of nitrogens with zero attached hydrogens (tertiary/aromatic N) is 2. The van der Waals surface area contributed by atoms with Gasteiger partial charge in [-0.05, 0) is 51.6 Å². The number of carbonyl (C=O) groups is 4. The van der Waals surface area contributed by atoms with Gasteiger partial charge in [0.05, 0.1) is 35.5 Å². The Morgan fingerprint density at radius 1 is 1.12 bits per heavy atom. The number of carbonyl (C=O) groups excluding carboxylic acids is 2. The number of hydrogen-bond acceptors (Lipinski definition) is 8. The number of ether oxygens (including phenoxy) is 2. The summed E-state index contributed by atoms with van der Waals surface area (Å²) in [7, 11) is 3.16. The number of halogens is 1. The van der Waals surface area contributed by atoms with Crippen LogP contribution in [-0.4, -0.2) is 102 Å². The predicted molar refractivity (Wildman–Crippen MR) is 150 cm³/mol. The van der Waals surface area contributed by atoms with Crippen LogP contribution in [0.1, 0.15) is 56.3 Å². The molecular formula is C27H41ClN4O8. The number of piperidine rings is 2. The minimum atomic E-state index is -1.82. The Bertz CT molecular complexity index is 1040. The molecule has 13 heteroatoms. The van der Waals surface area contributed by atoms with Gasteiger partial charge in [-0.15, -0.1) is 0 Å². The van der Waals surface area contributed by atoms with Crippen molar-refractivity contribution in [1.29, 1.82) is 0 Å². The zero-order valence-electron chi connectivity index (χ0n) is 23.5. The zero-order valence-corrected chi connectivity index (χ0v) is 24.3. The average Bonchev–Trinajstić information content (AvgIpc) is 2.93. The number of carboxylic acid groups (broad SMARTS) is 2. The molecule has 2 amide bonds. The Balaban J connectivity index is 0.000000840. The van der Waals surface area contributed by atoms with Crippen LogP contribution in [0.25, 0.3) is 0 Å². The van der Waals surface area contributed by atoms with E-state index in [0.717, 1.165) is 45.3 Å². The summed E-state index contributed by atoms with van der Waals surface area (Å²) in [5.41, 5.74) is 6.54. The molecule has 3 rings (SSSR count). The van der Waals surface area contributed by atoms with Crippen LogP contribution in [0.5, 0.6) is 5.75 Å². The van der Waals surface area contributed by atoms with E-state index >= 15 is 0 Å². The van der Waals surface area contributed by atoms with Crippen LogP contribution in [0, 0.1) is 5.92 Å². The van der Waals surface area contributed by atoms with E-state index < -0.39 is 11.9 Å². The highest BCUT2D eigenvalue weighted by Crippen LogP contribution is 2.29. The van der Waals surface area contributed by atoms with E-state index in [9.17, 15) is 9.59 Å². The third-order valence-corrected chi connectivity index (χ3v) is 7.72. The molecule has 12 nitrogen and oxygen atoms in total. The molecule has 4 atom stereocenters. The maximum absolute atomic E-state index is 13.0. The molecule has 2 heterocycles. The number of aliphatic carboxylic acids is 2. The molecule has 1 aromatic rings. The highest BCUT2D eigenvalue weighted by atomic mass is 35.5. The second-order valence-electron chi connectivity index (χ2n) is 10.2. The molecule has 0 aliphatic carbocycles. The number of anilines is 1. The van der Waals surface area contributed by atoms with Gasteiger partial charge in [0.15, 0.2) is 0 Å². The summed E-state index contributed by atoms with van der Waals surface area (Å²) in [4.78, 5) is 48.5. The lowest BCUT2D eigenvalue weighted by molar-refractivity contribution is -0.159. The fourth-order valence-electron chi connectivity index (χ4n) is 4.96. The van der Waals surface area contributed by atoms with E-state index in [4.69, 9.17) is 46.6 Å². The molecule has 2 unspecified atom stereocenters. The Kier molecular flexibility index (Phi) is 12.9. The summed E-state index contributed by atoms with van der Waals surface area (Å²) in [5, 5.41) is 18.2. The fraction of sp³-hybridized carbons (Fsp3) is 0.630. The van der Waals surface area contributed by atoms with E-state index in [2.05, 4.69) is 22.0 Å². The number of methoxy groups -OCH3 is 2. The number of amides is 2. The van der Waals surface area contributed by atoms with Crippen molar-refractivity contribution >= 4 is 41.0 Å². The van der Waals surface area contributed by atoms with Crippen LogP contribution in [0.4, 0.5) is 5.69 Å². The lowest BCUT2D eigenvalue weighted by Gasteiger charge is -2.39. The van der Waals surface area contributed by atoms with E-state index in [1.807, 2.05) is 6.92 Å². The van der Waals surface area contributed by atoms with E-state index in [1.165, 1.54) is 19.6 Å². The van der Waals surface area contributed by atoms with Gasteiger partial charge in [0.1, 0.15) is 5.75 Å². The Morgan fingerprint density at radius 2 is 1.80 bits per heavy atom. The summed E-state index contributed by atoms with van der Waals surface area (Å²) < 4.78 is 11.0. The molecule has 2 saturated heterocycles. The predicted octanol–water partition coefficient (Wildman–Crippen LogP) is 2.33. The Morgan fingerprint density at radius 3 is 2.38 bits per heavy atom. The van der Waals surface area contributed by atoms with E-state index in [0.29, 0.717) is 34.6 Å². The topological polar surface area (TPSA) is 172 Å². The maximum atomic E-state index is 13.0. The summed E-state index contributed by atoms with van der Waals surface area (Å²) in [5.74, 6) is -3.26. The lowest BCUT2D eigenvalue weighted by atomic mass is 9.97. The summed E-state index contributed by atoms with van der Waals surface area (Å²) >= 11 is 6.13. The smallest absolute Gasteiger partial charge is 0.414 e. The van der Waals surface area contributed by atoms with Crippen molar-refractivity contribution in [2.24, 2.45) is 5.92 Å². The van der Waals surface area contributed by atoms with Crippen LogP contribution in [0.3, 0.4) is 0 Å². The van der Waals surface area contributed by atoms with Crippen LogP contribution in [0.15, 0.2) is 12.1 Å². The van der Waals surface area contributed by atoms with Crippen molar-refractivity contribution < 1.29 is 38.9 Å². The van der Waals surface area contributed by atoms with Gasteiger partial charge in [-0.3, -0.25) is 9.59 Å². The van der Waals surface area contributed by atoms with Gasteiger partial charge in [-0.1, -0.05) is 18.5 Å². The first-order valence-corrected chi connectivity index (χ1v) is 13.7. The summed E-state index contributed by atoms with van der Waals surface area (Å²) in [6.07, 6.45) is 4.83. The molecule has 0 aromatic heterocycles. The molecule has 0 radical (unpaired) electrons. The molecule has 224 valence electrons. The average molecular weight is 585 g/mol. The maximum Gasteiger partial charge on any atom is 0.414 e. The molecule has 5 N–H and O–H groups in total. The monoisotopic (exact) mass is 584 g/mol. The normalized spacial score (nSPS) is 21.9. The van der Waals surface area contributed by atoms with Gasteiger partial charge in [-0.25, -0.2) is 9.59 Å². The minimum absolute atomic E-state index is 0.00158. The van der Waals surface area contributed by atoms with Gasteiger partial charge in [0.25, 0.3) is 5.91 Å². The van der Waals surface area contributed by atoms with Crippen molar-refractivity contribution in [1.82, 2.24) is 15.1 Å². The van der Waals surface area contributed by atoms with Crippen LogP contribution >= 0.6 is 11.6 Å². The molecule has 1 aromatic carbocycles. The van der Waals surface area contributed by atoms with E-state index in [1.54, 1.807) is 13.2 Å². The summed E-state index contributed by atoms with van der Waals surface area (Å²) in [6, 6.07) is 3.29. The molecule has 0 saturated carbocycles. The van der Waals surface area contributed by atoms with Crippen LogP contribution in [-0.2, 0) is 19.1 Å². The molecule has 40 heavy (non-hydrogen) atoms. The van der Waals surface area contributed by atoms with Crippen molar-refractivity contribution in [2.75, 3.05) is 46.1 Å². The molecule has 2 aliphatic heterocycles. The second-order valence-corrected chi connectivity index (χ2v) is 10.6. The molecule has 0 spiro atoms. The third-order valence-electron chi connectivity index (χ3n) is 7.39. The number of nitrogens with two attached hydrogens (primary N) is 1. The first kappa shape index (κ1) is 33.1. The SMILES string of the molecule is COc1cc(N)c(Cl)cc1C(=O)N[C@H]1CCN(CCC(C)C(=O)N2CCCCC2C)C[C@H]1OC.O=C(O)C(=O)O. The highest BCUT2D eigenvalue weighted by Gasteiger charge is 2.32. The molecule has 2 fully saturated rings. The van der Waals surface area contributed by atoms with Gasteiger partial charge < -0.3 is 40.5 Å². The Hall–Kier alpha value is -3.09. The number of hydrogen-bond donors (Lipinski definition) is 4. The number of likely N-dealkylation sites (tertiary alicyclic amines) is 2. The zero-order chi connectivity index (χ0) is 30.0. The number of carboxylic acids is 2. The summed E-state index contributed by atoms with van der Waals surface area (Å²) in [6.45, 7) is 7.42. The third kappa shape index (κ3) is 9.24. The molecule has 2 aliphatic rings. The number of nitrogen functional groups attached to an aromatic ring is 1.